The smallest absolute Gasteiger partial charge is 0.184 e. The number of aliphatic hydroxyl groups excluding tert-OH is 1. The number of methoxy groups -OCH3 is 3. The molecule has 0 aliphatic carbocycles. The van der Waals surface area contributed by atoms with Gasteiger partial charge >= 0.3 is 0 Å². The third-order valence-corrected chi connectivity index (χ3v) is 3.12. The van der Waals surface area contributed by atoms with Gasteiger partial charge in [0.2, 0.25) is 0 Å². The Morgan fingerprint density at radius 3 is 2.07 bits per heavy atom. The first-order chi connectivity index (χ1) is 7.01. The molecule has 0 amide bonds. The summed E-state index contributed by atoms with van der Waals surface area (Å²) in [5.74, 6) is 0. The quantitative estimate of drug-likeness (QED) is 0.734. The third kappa shape index (κ3) is 2.03. The lowest BCUT2D eigenvalue weighted by atomic mass is 9.85. The predicted octanol–water partition coefficient (Wildman–Crippen LogP) is 0.159. The Morgan fingerprint density at radius 2 is 1.67 bits per heavy atom. The van der Waals surface area contributed by atoms with Gasteiger partial charge in [0.15, 0.2) is 6.29 Å². The normalized spacial score (nSPS) is 46.8. The number of hydrogen-bond donors (Lipinski definition) is 1. The van der Waals surface area contributed by atoms with Crippen molar-refractivity contribution in [3.05, 3.63) is 0 Å². The van der Waals surface area contributed by atoms with Crippen LogP contribution in [0.2, 0.25) is 0 Å². The molecule has 0 unspecified atom stereocenters. The monoisotopic (exact) mass is 220 g/mol. The number of rotatable bonds is 3. The standard InChI is InChI=1S/C10H20O5/c1-6-7(12-3)10(2,14-5)8(13-4)9(11)15-6/h6-9,11H,1-5H3/t6-,7-,8+,9-,10+/m0/s1. The Kier molecular flexibility index (Phi) is 4.08. The van der Waals surface area contributed by atoms with Gasteiger partial charge < -0.3 is 24.1 Å². The van der Waals surface area contributed by atoms with Crippen molar-refractivity contribution in [3.8, 4) is 0 Å². The fourth-order valence-corrected chi connectivity index (χ4v) is 2.28. The van der Waals surface area contributed by atoms with Gasteiger partial charge in [-0.15, -0.1) is 0 Å². The average molecular weight is 220 g/mol. The summed E-state index contributed by atoms with van der Waals surface area (Å²) in [6.07, 6.45) is -2.10. The first-order valence-corrected chi connectivity index (χ1v) is 4.95. The van der Waals surface area contributed by atoms with E-state index in [4.69, 9.17) is 18.9 Å². The topological polar surface area (TPSA) is 57.2 Å². The lowest BCUT2D eigenvalue weighted by Gasteiger charge is -2.49. The molecule has 1 fully saturated rings. The summed E-state index contributed by atoms with van der Waals surface area (Å²) in [6.45, 7) is 3.68. The Morgan fingerprint density at radius 1 is 1.13 bits per heavy atom. The van der Waals surface area contributed by atoms with E-state index in [-0.39, 0.29) is 12.2 Å². The lowest BCUT2D eigenvalue weighted by molar-refractivity contribution is -0.323. The molecular weight excluding hydrogens is 200 g/mol. The summed E-state index contributed by atoms with van der Waals surface area (Å²) >= 11 is 0. The largest absolute Gasteiger partial charge is 0.376 e. The highest BCUT2D eigenvalue weighted by molar-refractivity contribution is 5.00. The molecule has 1 heterocycles. The van der Waals surface area contributed by atoms with Gasteiger partial charge in [0.05, 0.1) is 6.10 Å². The molecule has 0 saturated carbocycles. The van der Waals surface area contributed by atoms with Crippen LogP contribution >= 0.6 is 0 Å². The molecule has 1 aliphatic rings. The molecule has 0 aromatic carbocycles. The van der Waals surface area contributed by atoms with Crippen LogP contribution in [0.4, 0.5) is 0 Å². The Bertz CT molecular complexity index is 192. The van der Waals surface area contributed by atoms with Crippen LogP contribution in [0.25, 0.3) is 0 Å². The second-order valence-electron chi connectivity index (χ2n) is 3.93. The fraction of sp³-hybridized carbons (Fsp3) is 1.00. The van der Waals surface area contributed by atoms with Crippen molar-refractivity contribution in [2.45, 2.75) is 44.1 Å². The van der Waals surface area contributed by atoms with Gasteiger partial charge in [-0.1, -0.05) is 0 Å². The van der Waals surface area contributed by atoms with E-state index in [1.54, 1.807) is 14.2 Å². The zero-order valence-corrected chi connectivity index (χ0v) is 9.89. The second kappa shape index (κ2) is 4.76. The first-order valence-electron chi connectivity index (χ1n) is 4.95. The van der Waals surface area contributed by atoms with Crippen LogP contribution in [-0.2, 0) is 18.9 Å². The first kappa shape index (κ1) is 12.9. The van der Waals surface area contributed by atoms with Crippen LogP contribution in [0, 0.1) is 0 Å². The highest BCUT2D eigenvalue weighted by atomic mass is 16.7. The van der Waals surface area contributed by atoms with Crippen LogP contribution in [0.5, 0.6) is 0 Å². The molecule has 1 aliphatic heterocycles. The molecule has 5 nitrogen and oxygen atoms in total. The fourth-order valence-electron chi connectivity index (χ4n) is 2.28. The molecule has 1 rings (SSSR count). The van der Waals surface area contributed by atoms with E-state index in [0.29, 0.717) is 0 Å². The molecule has 5 heteroatoms. The molecule has 0 radical (unpaired) electrons. The zero-order chi connectivity index (χ0) is 11.6. The highest BCUT2D eigenvalue weighted by Gasteiger charge is 2.53. The van der Waals surface area contributed by atoms with Crippen molar-refractivity contribution < 1.29 is 24.1 Å². The third-order valence-electron chi connectivity index (χ3n) is 3.12. The average Bonchev–Trinajstić information content (AvgIpc) is 2.18. The van der Waals surface area contributed by atoms with Gasteiger partial charge in [-0.3, -0.25) is 0 Å². The molecule has 90 valence electrons. The van der Waals surface area contributed by atoms with Gasteiger partial charge in [0.1, 0.15) is 17.8 Å². The van der Waals surface area contributed by atoms with E-state index in [1.165, 1.54) is 7.11 Å². The van der Waals surface area contributed by atoms with Gasteiger partial charge in [-0.25, -0.2) is 0 Å². The van der Waals surface area contributed by atoms with E-state index >= 15 is 0 Å². The lowest BCUT2D eigenvalue weighted by Crippen LogP contribution is -2.66. The Hall–Kier alpha value is -0.200. The van der Waals surface area contributed by atoms with Crippen molar-refractivity contribution in [1.82, 2.24) is 0 Å². The minimum absolute atomic E-state index is 0.249. The highest BCUT2D eigenvalue weighted by Crippen LogP contribution is 2.34. The maximum atomic E-state index is 9.74. The van der Waals surface area contributed by atoms with Crippen LogP contribution in [0.15, 0.2) is 0 Å². The molecule has 5 atom stereocenters. The van der Waals surface area contributed by atoms with Gasteiger partial charge in [0, 0.05) is 21.3 Å². The van der Waals surface area contributed by atoms with Crippen molar-refractivity contribution in [1.29, 1.82) is 0 Å². The summed E-state index contributed by atoms with van der Waals surface area (Å²) in [4.78, 5) is 0. The van der Waals surface area contributed by atoms with Crippen molar-refractivity contribution in [3.63, 3.8) is 0 Å². The zero-order valence-electron chi connectivity index (χ0n) is 9.89. The van der Waals surface area contributed by atoms with Crippen LogP contribution in [-0.4, -0.2) is 56.6 Å². The SMILES string of the molecule is CO[C@@H]1[C@@H](O)O[C@@H](C)[C@H](OC)[C@@]1(C)OC. The molecule has 0 aromatic rings. The maximum absolute atomic E-state index is 9.74. The minimum atomic E-state index is -0.999. The molecule has 0 spiro atoms. The number of hydrogen-bond acceptors (Lipinski definition) is 5. The summed E-state index contributed by atoms with van der Waals surface area (Å²) in [5, 5.41) is 9.74. The molecular formula is C10H20O5. The van der Waals surface area contributed by atoms with Crippen LogP contribution in [0.1, 0.15) is 13.8 Å². The van der Waals surface area contributed by atoms with Gasteiger partial charge in [0.25, 0.3) is 0 Å². The molecule has 1 N–H and O–H groups in total. The predicted molar refractivity (Wildman–Crippen MR) is 53.6 cm³/mol. The van der Waals surface area contributed by atoms with Gasteiger partial charge in [-0.2, -0.15) is 0 Å². The van der Waals surface area contributed by atoms with E-state index in [0.717, 1.165) is 0 Å². The van der Waals surface area contributed by atoms with Crippen molar-refractivity contribution in [2.24, 2.45) is 0 Å². The molecule has 15 heavy (non-hydrogen) atoms. The van der Waals surface area contributed by atoms with Crippen LogP contribution in [0.3, 0.4) is 0 Å². The Balaban J connectivity index is 2.98. The van der Waals surface area contributed by atoms with Crippen molar-refractivity contribution in [2.75, 3.05) is 21.3 Å². The number of aliphatic hydroxyl groups is 1. The summed E-state index contributed by atoms with van der Waals surface area (Å²) in [7, 11) is 4.67. The van der Waals surface area contributed by atoms with Crippen molar-refractivity contribution >= 4 is 0 Å². The van der Waals surface area contributed by atoms with Gasteiger partial charge in [-0.05, 0) is 13.8 Å². The Labute approximate surface area is 90.3 Å². The summed E-state index contributed by atoms with van der Waals surface area (Å²) < 4.78 is 21.3. The maximum Gasteiger partial charge on any atom is 0.184 e. The number of ether oxygens (including phenoxy) is 4. The molecule has 0 aromatic heterocycles. The van der Waals surface area contributed by atoms with E-state index in [2.05, 4.69) is 0 Å². The minimum Gasteiger partial charge on any atom is -0.376 e. The summed E-state index contributed by atoms with van der Waals surface area (Å²) in [6, 6.07) is 0. The summed E-state index contributed by atoms with van der Waals surface area (Å²) in [5.41, 5.74) is -0.722. The second-order valence-corrected chi connectivity index (χ2v) is 3.93. The molecule has 1 saturated heterocycles. The van der Waals surface area contributed by atoms with E-state index in [1.807, 2.05) is 13.8 Å². The molecule has 0 bridgehead atoms. The van der Waals surface area contributed by atoms with E-state index < -0.39 is 18.0 Å². The van der Waals surface area contributed by atoms with Crippen LogP contribution < -0.4 is 0 Å². The van der Waals surface area contributed by atoms with E-state index in [9.17, 15) is 5.11 Å².